The van der Waals surface area contributed by atoms with E-state index in [1.807, 2.05) is 32.9 Å². The highest BCUT2D eigenvalue weighted by Crippen LogP contribution is 2.31. The second-order valence-corrected chi connectivity index (χ2v) is 12.6. The summed E-state index contributed by atoms with van der Waals surface area (Å²) in [5, 5.41) is 3.49. The van der Waals surface area contributed by atoms with Gasteiger partial charge < -0.3 is 15.0 Å². The Balaban J connectivity index is 2.23. The number of hydrogen-bond donors (Lipinski definition) is 1. The fraction of sp³-hybridized carbons (Fsp3) is 0.462. The monoisotopic (exact) mass is 571 g/mol. The summed E-state index contributed by atoms with van der Waals surface area (Å²) >= 11 is 12.3. The summed E-state index contributed by atoms with van der Waals surface area (Å²) in [6.45, 7) is 7.51. The maximum absolute atomic E-state index is 13.4. The van der Waals surface area contributed by atoms with E-state index < -0.39 is 21.6 Å². The van der Waals surface area contributed by atoms with Crippen molar-refractivity contribution in [1.82, 2.24) is 10.2 Å². The van der Waals surface area contributed by atoms with Gasteiger partial charge in [-0.05, 0) is 70.0 Å². The van der Waals surface area contributed by atoms with Crippen LogP contribution in [-0.2, 0) is 26.2 Å². The molecule has 1 unspecified atom stereocenters. The first kappa shape index (κ1) is 30.7. The summed E-state index contributed by atoms with van der Waals surface area (Å²) in [7, 11) is -2.12. The fourth-order valence-corrected chi connectivity index (χ4v) is 5.05. The van der Waals surface area contributed by atoms with Gasteiger partial charge in [0.2, 0.25) is 21.8 Å². The number of rotatable bonds is 11. The summed E-state index contributed by atoms with van der Waals surface area (Å²) in [5.41, 5.74) is 0.608. The third kappa shape index (κ3) is 9.39. The number of ether oxygens (including phenoxy) is 1. The topological polar surface area (TPSA) is 96.0 Å². The summed E-state index contributed by atoms with van der Waals surface area (Å²) < 4.78 is 31.3. The zero-order valence-corrected chi connectivity index (χ0v) is 24.4. The molecule has 0 aliphatic rings. The van der Waals surface area contributed by atoms with Gasteiger partial charge in [-0.2, -0.15) is 0 Å². The number of halogens is 2. The van der Waals surface area contributed by atoms with Crippen LogP contribution in [0.2, 0.25) is 10.0 Å². The summed E-state index contributed by atoms with van der Waals surface area (Å²) in [6.07, 6.45) is 1.30. The summed E-state index contributed by atoms with van der Waals surface area (Å²) in [6, 6.07) is 11.1. The van der Waals surface area contributed by atoms with E-state index in [2.05, 4.69) is 5.32 Å². The van der Waals surface area contributed by atoms with E-state index in [9.17, 15) is 18.0 Å². The van der Waals surface area contributed by atoms with Gasteiger partial charge in [0.05, 0.1) is 24.1 Å². The molecule has 0 fully saturated rings. The maximum atomic E-state index is 13.4. The lowest BCUT2D eigenvalue weighted by Crippen LogP contribution is -2.52. The van der Waals surface area contributed by atoms with Crippen molar-refractivity contribution in [2.24, 2.45) is 0 Å². The second kappa shape index (κ2) is 12.8. The zero-order valence-electron chi connectivity index (χ0n) is 22.0. The lowest BCUT2D eigenvalue weighted by Gasteiger charge is -2.32. The molecule has 2 rings (SSSR count). The predicted molar refractivity (Wildman–Crippen MR) is 149 cm³/mol. The maximum Gasteiger partial charge on any atom is 0.242 e. The van der Waals surface area contributed by atoms with Crippen LogP contribution in [0.25, 0.3) is 0 Å². The van der Waals surface area contributed by atoms with E-state index in [0.717, 1.165) is 16.1 Å². The molecule has 0 saturated carbocycles. The number of amides is 2. The molecule has 2 amide bonds. The highest BCUT2D eigenvalue weighted by atomic mass is 35.5. The third-order valence-electron chi connectivity index (χ3n) is 5.51. The van der Waals surface area contributed by atoms with Crippen molar-refractivity contribution in [2.45, 2.75) is 58.7 Å². The molecule has 0 bridgehead atoms. The Morgan fingerprint density at radius 1 is 1.08 bits per heavy atom. The largest absolute Gasteiger partial charge is 0.497 e. The first-order valence-electron chi connectivity index (χ1n) is 11.8. The molecule has 0 aromatic heterocycles. The zero-order chi connectivity index (χ0) is 28.0. The molecule has 37 heavy (non-hydrogen) atoms. The number of nitrogens with zero attached hydrogens (tertiary/aromatic N) is 2. The molecule has 0 radical (unpaired) electrons. The van der Waals surface area contributed by atoms with E-state index in [-0.39, 0.29) is 48.5 Å². The van der Waals surface area contributed by atoms with Crippen LogP contribution in [-0.4, -0.2) is 56.6 Å². The van der Waals surface area contributed by atoms with Crippen molar-refractivity contribution in [3.63, 3.8) is 0 Å². The standard InChI is InChI=1S/C26H35Cl2N3O5S/c1-18(25(33)29-26(2,3)4)30(17-19-9-12-21(36-5)13-10-19)24(32)8-7-15-31(37(6,34)35)23-16-20(27)11-14-22(23)28/h9-14,16,18H,7-8,15,17H2,1-6H3,(H,29,33). The third-order valence-corrected chi connectivity index (χ3v) is 7.24. The molecule has 1 atom stereocenters. The predicted octanol–water partition coefficient (Wildman–Crippen LogP) is 4.88. The lowest BCUT2D eigenvalue weighted by molar-refractivity contribution is -0.141. The Morgan fingerprint density at radius 2 is 1.70 bits per heavy atom. The van der Waals surface area contributed by atoms with E-state index in [4.69, 9.17) is 27.9 Å². The normalized spacial score (nSPS) is 12.5. The Morgan fingerprint density at radius 3 is 2.24 bits per heavy atom. The Labute approximate surface area is 229 Å². The van der Waals surface area contributed by atoms with Gasteiger partial charge >= 0.3 is 0 Å². The molecule has 1 N–H and O–H groups in total. The van der Waals surface area contributed by atoms with Crippen LogP contribution in [0.4, 0.5) is 5.69 Å². The van der Waals surface area contributed by atoms with E-state index in [1.54, 1.807) is 32.2 Å². The van der Waals surface area contributed by atoms with Crippen molar-refractivity contribution in [3.8, 4) is 5.75 Å². The molecular formula is C26H35Cl2N3O5S. The van der Waals surface area contributed by atoms with Crippen LogP contribution in [0, 0.1) is 0 Å². The molecule has 11 heteroatoms. The van der Waals surface area contributed by atoms with Crippen LogP contribution < -0.4 is 14.4 Å². The van der Waals surface area contributed by atoms with Gasteiger partial charge in [-0.1, -0.05) is 35.3 Å². The van der Waals surface area contributed by atoms with Gasteiger partial charge in [0.15, 0.2) is 0 Å². The van der Waals surface area contributed by atoms with Gasteiger partial charge in [0.1, 0.15) is 11.8 Å². The van der Waals surface area contributed by atoms with Crippen molar-refractivity contribution in [2.75, 3.05) is 24.2 Å². The van der Waals surface area contributed by atoms with Crippen LogP contribution in [0.15, 0.2) is 42.5 Å². The summed E-state index contributed by atoms with van der Waals surface area (Å²) in [4.78, 5) is 27.8. The minimum Gasteiger partial charge on any atom is -0.497 e. The smallest absolute Gasteiger partial charge is 0.242 e. The highest BCUT2D eigenvalue weighted by Gasteiger charge is 2.29. The van der Waals surface area contributed by atoms with Gasteiger partial charge in [-0.15, -0.1) is 0 Å². The van der Waals surface area contributed by atoms with E-state index >= 15 is 0 Å². The van der Waals surface area contributed by atoms with Gasteiger partial charge in [0, 0.05) is 30.1 Å². The number of methoxy groups -OCH3 is 1. The highest BCUT2D eigenvalue weighted by molar-refractivity contribution is 7.92. The molecule has 0 saturated heterocycles. The Bertz CT molecular complexity index is 1200. The van der Waals surface area contributed by atoms with Crippen LogP contribution >= 0.6 is 23.2 Å². The average molecular weight is 573 g/mol. The number of anilines is 1. The molecule has 0 spiro atoms. The molecule has 8 nitrogen and oxygen atoms in total. The number of carbonyl (C=O) groups is 2. The van der Waals surface area contributed by atoms with Gasteiger partial charge in [-0.3, -0.25) is 13.9 Å². The second-order valence-electron chi connectivity index (χ2n) is 9.82. The average Bonchev–Trinajstić information content (AvgIpc) is 2.80. The van der Waals surface area contributed by atoms with Gasteiger partial charge in [-0.25, -0.2) is 8.42 Å². The SMILES string of the molecule is COc1ccc(CN(C(=O)CCCN(c2cc(Cl)ccc2Cl)S(C)(=O)=O)C(C)C(=O)NC(C)(C)C)cc1. The van der Waals surface area contributed by atoms with Crippen LogP contribution in [0.1, 0.15) is 46.1 Å². The Hall–Kier alpha value is -2.49. The quantitative estimate of drug-likeness (QED) is 0.414. The van der Waals surface area contributed by atoms with Crippen molar-refractivity contribution in [3.05, 3.63) is 58.1 Å². The minimum atomic E-state index is -3.69. The fourth-order valence-electron chi connectivity index (χ4n) is 3.64. The minimum absolute atomic E-state index is 0.0174. The molecule has 2 aromatic rings. The molecule has 0 heterocycles. The molecule has 2 aromatic carbocycles. The number of hydrogen-bond acceptors (Lipinski definition) is 5. The first-order valence-corrected chi connectivity index (χ1v) is 14.4. The number of benzene rings is 2. The van der Waals surface area contributed by atoms with Crippen LogP contribution in [0.3, 0.4) is 0 Å². The Kier molecular flexibility index (Phi) is 10.7. The summed E-state index contributed by atoms with van der Waals surface area (Å²) in [5.74, 6) is 0.122. The molecule has 204 valence electrons. The van der Waals surface area contributed by atoms with Gasteiger partial charge in [0.25, 0.3) is 0 Å². The lowest BCUT2D eigenvalue weighted by atomic mass is 10.1. The number of carbonyl (C=O) groups excluding carboxylic acids is 2. The van der Waals surface area contributed by atoms with E-state index in [1.165, 1.54) is 17.0 Å². The molecule has 0 aliphatic heterocycles. The van der Waals surface area contributed by atoms with Crippen molar-refractivity contribution >= 4 is 50.7 Å². The number of sulfonamides is 1. The molecular weight excluding hydrogens is 537 g/mol. The first-order chi connectivity index (χ1) is 17.1. The van der Waals surface area contributed by atoms with Crippen molar-refractivity contribution < 1.29 is 22.7 Å². The van der Waals surface area contributed by atoms with E-state index in [0.29, 0.717) is 10.8 Å². The van der Waals surface area contributed by atoms with Crippen LogP contribution in [0.5, 0.6) is 5.75 Å². The van der Waals surface area contributed by atoms with Crippen molar-refractivity contribution in [1.29, 1.82) is 0 Å². The number of nitrogens with one attached hydrogen (secondary N) is 1. The molecule has 0 aliphatic carbocycles.